The monoisotopic (exact) mass is 383 g/mol. The van der Waals surface area contributed by atoms with Crippen molar-refractivity contribution < 1.29 is 9.53 Å². The zero-order chi connectivity index (χ0) is 19.0. The van der Waals surface area contributed by atoms with Crippen LogP contribution in [0.4, 0.5) is 5.69 Å². The van der Waals surface area contributed by atoms with E-state index in [1.807, 2.05) is 48.2 Å². The maximum atomic E-state index is 13.1. The highest BCUT2D eigenvalue weighted by Crippen LogP contribution is 2.29. The number of nitrogens with zero attached hydrogens (tertiary/aromatic N) is 2. The number of carbonyl (C=O) groups excluding carboxylic acids is 1. The van der Waals surface area contributed by atoms with Gasteiger partial charge in [-0.1, -0.05) is 29.8 Å². The van der Waals surface area contributed by atoms with E-state index in [1.165, 1.54) is 0 Å². The fourth-order valence-electron chi connectivity index (χ4n) is 3.72. The second-order valence-corrected chi connectivity index (χ2v) is 7.20. The predicted octanol–water partition coefficient (Wildman–Crippen LogP) is 4.10. The number of amides is 1. The fourth-order valence-corrected chi connectivity index (χ4v) is 3.90. The first-order chi connectivity index (χ1) is 13.1. The molecule has 0 unspecified atom stereocenters. The molecule has 140 valence electrons. The number of benzene rings is 2. The molecule has 1 aliphatic heterocycles. The number of carbonyl (C=O) groups is 1. The summed E-state index contributed by atoms with van der Waals surface area (Å²) in [5.74, 6) is 0.903. The smallest absolute Gasteiger partial charge is 0.270 e. The van der Waals surface area contributed by atoms with Crippen LogP contribution in [0.5, 0.6) is 5.75 Å². The minimum absolute atomic E-state index is 0.0412. The van der Waals surface area contributed by atoms with Crippen molar-refractivity contribution in [2.75, 3.05) is 38.2 Å². The Kier molecular flexibility index (Phi) is 4.70. The van der Waals surface area contributed by atoms with E-state index in [9.17, 15) is 4.79 Å². The summed E-state index contributed by atoms with van der Waals surface area (Å²) in [5.41, 5.74) is 3.59. The Balaban J connectivity index is 1.51. The van der Waals surface area contributed by atoms with Crippen LogP contribution in [0.25, 0.3) is 10.9 Å². The SMILES string of the molecule is COc1ccccc1N1CCN(C(=O)c2[nH]c3cc(Cl)ccc3c2C)CC1. The number of para-hydroxylation sites is 2. The highest BCUT2D eigenvalue weighted by molar-refractivity contribution is 6.31. The van der Waals surface area contributed by atoms with Gasteiger partial charge in [0, 0.05) is 42.1 Å². The van der Waals surface area contributed by atoms with Gasteiger partial charge in [-0.05, 0) is 36.8 Å². The summed E-state index contributed by atoms with van der Waals surface area (Å²) in [7, 11) is 1.68. The number of aryl methyl sites for hydroxylation is 1. The Bertz CT molecular complexity index is 990. The summed E-state index contributed by atoms with van der Waals surface area (Å²) in [4.78, 5) is 20.5. The largest absolute Gasteiger partial charge is 0.495 e. The average molecular weight is 384 g/mol. The molecule has 1 aromatic heterocycles. The fraction of sp³-hybridized carbons (Fsp3) is 0.286. The number of aromatic amines is 1. The number of halogens is 1. The molecular formula is C21H22ClN3O2. The molecule has 6 heteroatoms. The lowest BCUT2D eigenvalue weighted by Crippen LogP contribution is -2.49. The van der Waals surface area contributed by atoms with E-state index >= 15 is 0 Å². The van der Waals surface area contributed by atoms with Gasteiger partial charge >= 0.3 is 0 Å². The molecule has 27 heavy (non-hydrogen) atoms. The molecule has 0 saturated carbocycles. The van der Waals surface area contributed by atoms with Gasteiger partial charge in [0.25, 0.3) is 5.91 Å². The van der Waals surface area contributed by atoms with Gasteiger partial charge in [0.2, 0.25) is 0 Å². The van der Waals surface area contributed by atoms with Crippen molar-refractivity contribution in [2.45, 2.75) is 6.92 Å². The molecule has 0 radical (unpaired) electrons. The lowest BCUT2D eigenvalue weighted by atomic mass is 10.1. The van der Waals surface area contributed by atoms with E-state index in [0.717, 1.165) is 41.0 Å². The third-order valence-corrected chi connectivity index (χ3v) is 5.46. The third kappa shape index (κ3) is 3.23. The molecule has 2 heterocycles. The molecule has 5 nitrogen and oxygen atoms in total. The van der Waals surface area contributed by atoms with Gasteiger partial charge in [0.1, 0.15) is 11.4 Å². The number of aromatic nitrogens is 1. The molecule has 2 aromatic carbocycles. The van der Waals surface area contributed by atoms with Crippen LogP contribution in [0.2, 0.25) is 5.02 Å². The number of methoxy groups -OCH3 is 1. The van der Waals surface area contributed by atoms with Crippen molar-refractivity contribution in [1.29, 1.82) is 0 Å². The maximum Gasteiger partial charge on any atom is 0.270 e. The van der Waals surface area contributed by atoms with Crippen molar-refractivity contribution in [2.24, 2.45) is 0 Å². The third-order valence-electron chi connectivity index (χ3n) is 5.23. The van der Waals surface area contributed by atoms with Crippen LogP contribution in [-0.4, -0.2) is 49.1 Å². The first-order valence-corrected chi connectivity index (χ1v) is 9.41. The Hall–Kier alpha value is -2.66. The Morgan fingerprint density at radius 1 is 1.11 bits per heavy atom. The van der Waals surface area contributed by atoms with Crippen LogP contribution in [-0.2, 0) is 0 Å². The molecule has 1 aliphatic rings. The van der Waals surface area contributed by atoms with Gasteiger partial charge in [-0.3, -0.25) is 4.79 Å². The zero-order valence-corrected chi connectivity index (χ0v) is 16.2. The van der Waals surface area contributed by atoms with E-state index in [-0.39, 0.29) is 5.91 Å². The number of nitrogens with one attached hydrogen (secondary N) is 1. The number of piperazine rings is 1. The standard InChI is InChI=1S/C21H22ClN3O2/c1-14-16-8-7-15(22)13-17(16)23-20(14)21(26)25-11-9-24(10-12-25)18-5-3-4-6-19(18)27-2/h3-8,13,23H,9-12H2,1-2H3. The molecule has 1 amide bonds. The van der Waals surface area contributed by atoms with Gasteiger partial charge in [0.15, 0.2) is 0 Å². The lowest BCUT2D eigenvalue weighted by Gasteiger charge is -2.36. The van der Waals surface area contributed by atoms with E-state index in [0.29, 0.717) is 23.8 Å². The van der Waals surface area contributed by atoms with Gasteiger partial charge < -0.3 is 19.5 Å². The second-order valence-electron chi connectivity index (χ2n) is 6.77. The van der Waals surface area contributed by atoms with Gasteiger partial charge in [0.05, 0.1) is 12.8 Å². The van der Waals surface area contributed by atoms with Crippen LogP contribution in [0.15, 0.2) is 42.5 Å². The summed E-state index contributed by atoms with van der Waals surface area (Å²) in [5, 5.41) is 1.70. The molecule has 4 rings (SSSR count). The Labute approximate surface area is 163 Å². The molecule has 0 bridgehead atoms. The predicted molar refractivity (Wildman–Crippen MR) is 109 cm³/mol. The Morgan fingerprint density at radius 2 is 1.85 bits per heavy atom. The number of hydrogen-bond donors (Lipinski definition) is 1. The van der Waals surface area contributed by atoms with Gasteiger partial charge in [-0.15, -0.1) is 0 Å². The number of ether oxygens (including phenoxy) is 1. The van der Waals surface area contributed by atoms with Crippen LogP contribution < -0.4 is 9.64 Å². The summed E-state index contributed by atoms with van der Waals surface area (Å²) in [6, 6.07) is 13.7. The summed E-state index contributed by atoms with van der Waals surface area (Å²) in [6.45, 7) is 4.87. The second kappa shape index (κ2) is 7.16. The van der Waals surface area contributed by atoms with Crippen molar-refractivity contribution >= 4 is 34.1 Å². The van der Waals surface area contributed by atoms with Gasteiger partial charge in [-0.25, -0.2) is 0 Å². The van der Waals surface area contributed by atoms with Crippen LogP contribution in [0.3, 0.4) is 0 Å². The zero-order valence-electron chi connectivity index (χ0n) is 15.5. The molecular weight excluding hydrogens is 362 g/mol. The quantitative estimate of drug-likeness (QED) is 0.740. The molecule has 0 atom stereocenters. The minimum atomic E-state index is 0.0412. The summed E-state index contributed by atoms with van der Waals surface area (Å²) >= 11 is 6.08. The molecule has 0 spiro atoms. The first kappa shape index (κ1) is 17.7. The minimum Gasteiger partial charge on any atom is -0.495 e. The molecule has 1 saturated heterocycles. The number of hydrogen-bond acceptors (Lipinski definition) is 3. The number of fused-ring (bicyclic) bond motifs is 1. The average Bonchev–Trinajstić information content (AvgIpc) is 3.03. The van der Waals surface area contributed by atoms with E-state index in [2.05, 4.69) is 16.0 Å². The van der Waals surface area contributed by atoms with Crippen molar-refractivity contribution in [3.63, 3.8) is 0 Å². The van der Waals surface area contributed by atoms with E-state index < -0.39 is 0 Å². The molecule has 0 aliphatic carbocycles. The van der Waals surface area contributed by atoms with E-state index in [1.54, 1.807) is 7.11 Å². The van der Waals surface area contributed by atoms with Crippen LogP contribution in [0, 0.1) is 6.92 Å². The van der Waals surface area contributed by atoms with Crippen molar-refractivity contribution in [3.05, 3.63) is 58.7 Å². The van der Waals surface area contributed by atoms with Crippen LogP contribution in [0.1, 0.15) is 16.1 Å². The summed E-state index contributed by atoms with van der Waals surface area (Å²) in [6.07, 6.45) is 0. The van der Waals surface area contributed by atoms with E-state index in [4.69, 9.17) is 16.3 Å². The highest BCUT2D eigenvalue weighted by Gasteiger charge is 2.26. The van der Waals surface area contributed by atoms with Crippen LogP contribution >= 0.6 is 11.6 Å². The number of rotatable bonds is 3. The molecule has 1 fully saturated rings. The normalized spacial score (nSPS) is 14.6. The summed E-state index contributed by atoms with van der Waals surface area (Å²) < 4.78 is 5.46. The highest BCUT2D eigenvalue weighted by atomic mass is 35.5. The number of anilines is 1. The maximum absolute atomic E-state index is 13.1. The van der Waals surface area contributed by atoms with Gasteiger partial charge in [-0.2, -0.15) is 0 Å². The molecule has 3 aromatic rings. The molecule has 1 N–H and O–H groups in total. The van der Waals surface area contributed by atoms with Crippen molar-refractivity contribution in [1.82, 2.24) is 9.88 Å². The number of H-pyrrole nitrogens is 1. The lowest BCUT2D eigenvalue weighted by molar-refractivity contribution is 0.0741. The van der Waals surface area contributed by atoms with Crippen molar-refractivity contribution in [3.8, 4) is 5.75 Å². The first-order valence-electron chi connectivity index (χ1n) is 9.03. The topological polar surface area (TPSA) is 48.6 Å². The Morgan fingerprint density at radius 3 is 2.59 bits per heavy atom.